The fraction of sp³-hybridized carbons (Fsp3) is 0.533. The highest BCUT2D eigenvalue weighted by atomic mass is 19.1. The van der Waals surface area contributed by atoms with Crippen LogP contribution in [0.3, 0.4) is 0 Å². The van der Waals surface area contributed by atoms with E-state index in [2.05, 4.69) is 19.2 Å². The number of hydrogen-bond donors (Lipinski definition) is 1. The summed E-state index contributed by atoms with van der Waals surface area (Å²) in [5.74, 6) is -0.842. The van der Waals surface area contributed by atoms with E-state index in [1.54, 1.807) is 6.07 Å². The van der Waals surface area contributed by atoms with Crippen LogP contribution in [0, 0.1) is 28.9 Å². The van der Waals surface area contributed by atoms with E-state index >= 15 is 0 Å². The summed E-state index contributed by atoms with van der Waals surface area (Å²) in [4.78, 5) is 0. The maximum atomic E-state index is 13.7. The Morgan fingerprint density at radius 2 is 1.74 bits per heavy atom. The van der Waals surface area contributed by atoms with E-state index in [1.165, 1.54) is 0 Å². The zero-order valence-electron chi connectivity index (χ0n) is 11.6. The lowest BCUT2D eigenvalue weighted by Gasteiger charge is -2.22. The van der Waals surface area contributed by atoms with E-state index < -0.39 is 11.6 Å². The second-order valence-electron chi connectivity index (χ2n) is 4.78. The van der Waals surface area contributed by atoms with Crippen LogP contribution in [0.2, 0.25) is 0 Å². The lowest BCUT2D eigenvalue weighted by atomic mass is 9.95. The van der Waals surface area contributed by atoms with Crippen LogP contribution in [0.25, 0.3) is 0 Å². The van der Waals surface area contributed by atoms with Gasteiger partial charge in [-0.05, 0) is 25.0 Å². The monoisotopic (exact) mass is 266 g/mol. The molecule has 0 spiro atoms. The third kappa shape index (κ3) is 4.00. The predicted octanol–water partition coefficient (Wildman–Crippen LogP) is 3.75. The van der Waals surface area contributed by atoms with E-state index in [1.807, 2.05) is 6.92 Å². The van der Waals surface area contributed by atoms with Crippen LogP contribution in [-0.2, 0) is 6.54 Å². The lowest BCUT2D eigenvalue weighted by molar-refractivity contribution is 0.348. The molecule has 0 saturated heterocycles. The molecule has 1 N–H and O–H groups in total. The topological polar surface area (TPSA) is 35.8 Å². The molecule has 0 fully saturated rings. The van der Waals surface area contributed by atoms with Gasteiger partial charge in [-0.2, -0.15) is 5.26 Å². The molecule has 2 nitrogen and oxygen atoms in total. The summed E-state index contributed by atoms with van der Waals surface area (Å²) < 4.78 is 27.4. The third-order valence-electron chi connectivity index (χ3n) is 3.63. The van der Waals surface area contributed by atoms with Gasteiger partial charge in [-0.25, -0.2) is 8.78 Å². The van der Waals surface area contributed by atoms with Gasteiger partial charge in [-0.1, -0.05) is 26.7 Å². The summed E-state index contributed by atoms with van der Waals surface area (Å²) >= 11 is 0. The first-order valence-electron chi connectivity index (χ1n) is 6.64. The molecule has 0 aromatic heterocycles. The quantitative estimate of drug-likeness (QED) is 0.851. The minimum absolute atomic E-state index is 0.00296. The SMILES string of the molecule is CCC(CC)C(C)NCc1c(F)cc(C#N)cc1F. The van der Waals surface area contributed by atoms with E-state index in [0.717, 1.165) is 25.0 Å². The van der Waals surface area contributed by atoms with Gasteiger partial charge in [0, 0.05) is 18.2 Å². The predicted molar refractivity (Wildman–Crippen MR) is 71.4 cm³/mol. The summed E-state index contributed by atoms with van der Waals surface area (Å²) in [5.41, 5.74) is 0.00333. The molecule has 0 aliphatic heterocycles. The van der Waals surface area contributed by atoms with Crippen LogP contribution in [0.1, 0.15) is 44.7 Å². The molecule has 1 aromatic rings. The van der Waals surface area contributed by atoms with Gasteiger partial charge in [-0.15, -0.1) is 0 Å². The van der Waals surface area contributed by atoms with Gasteiger partial charge in [0.2, 0.25) is 0 Å². The van der Waals surface area contributed by atoms with E-state index in [4.69, 9.17) is 5.26 Å². The molecular formula is C15H20F2N2. The molecule has 0 aliphatic rings. The summed E-state index contributed by atoms with van der Waals surface area (Å²) in [6.45, 7) is 6.38. The van der Waals surface area contributed by atoms with Crippen LogP contribution in [0.15, 0.2) is 12.1 Å². The second-order valence-corrected chi connectivity index (χ2v) is 4.78. The molecule has 4 heteroatoms. The average Bonchev–Trinajstić information content (AvgIpc) is 2.38. The molecule has 0 aliphatic carbocycles. The van der Waals surface area contributed by atoms with Crippen LogP contribution < -0.4 is 5.32 Å². The minimum atomic E-state index is -0.666. The molecule has 0 radical (unpaired) electrons. The molecule has 0 saturated carbocycles. The Kier molecular flexibility index (Phi) is 5.91. The number of hydrogen-bond acceptors (Lipinski definition) is 2. The normalized spacial score (nSPS) is 12.5. The van der Waals surface area contributed by atoms with Crippen molar-refractivity contribution in [2.24, 2.45) is 5.92 Å². The summed E-state index contributed by atoms with van der Waals surface area (Å²) in [7, 11) is 0. The number of nitrogens with one attached hydrogen (secondary N) is 1. The lowest BCUT2D eigenvalue weighted by Crippen LogP contribution is -2.33. The maximum absolute atomic E-state index is 13.7. The van der Waals surface area contributed by atoms with Crippen molar-refractivity contribution in [2.75, 3.05) is 0 Å². The average molecular weight is 266 g/mol. The van der Waals surface area contributed by atoms with Crippen LogP contribution in [-0.4, -0.2) is 6.04 Å². The Hall–Kier alpha value is -1.47. The van der Waals surface area contributed by atoms with Crippen molar-refractivity contribution >= 4 is 0 Å². The Bertz CT molecular complexity index is 439. The van der Waals surface area contributed by atoms with E-state index in [9.17, 15) is 8.78 Å². The molecule has 1 unspecified atom stereocenters. The first kappa shape index (κ1) is 15.6. The Labute approximate surface area is 113 Å². The van der Waals surface area contributed by atoms with Gasteiger partial charge in [0.05, 0.1) is 11.6 Å². The van der Waals surface area contributed by atoms with Gasteiger partial charge < -0.3 is 5.32 Å². The summed E-state index contributed by atoms with van der Waals surface area (Å²) in [6.07, 6.45) is 2.06. The molecule has 1 rings (SSSR count). The Morgan fingerprint density at radius 1 is 1.21 bits per heavy atom. The number of nitriles is 1. The summed E-state index contributed by atoms with van der Waals surface area (Å²) in [6, 6.07) is 4.08. The minimum Gasteiger partial charge on any atom is -0.310 e. The van der Waals surface area contributed by atoms with Crippen molar-refractivity contribution < 1.29 is 8.78 Å². The molecule has 0 bridgehead atoms. The van der Waals surface area contributed by atoms with Gasteiger partial charge in [0.15, 0.2) is 0 Å². The number of rotatable bonds is 6. The van der Waals surface area contributed by atoms with Gasteiger partial charge >= 0.3 is 0 Å². The van der Waals surface area contributed by atoms with Crippen molar-refractivity contribution in [3.63, 3.8) is 0 Å². The van der Waals surface area contributed by atoms with Crippen LogP contribution in [0.4, 0.5) is 8.78 Å². The smallest absolute Gasteiger partial charge is 0.131 e. The van der Waals surface area contributed by atoms with Crippen molar-refractivity contribution in [1.29, 1.82) is 5.26 Å². The van der Waals surface area contributed by atoms with Gasteiger partial charge in [-0.3, -0.25) is 0 Å². The third-order valence-corrected chi connectivity index (χ3v) is 3.63. The Balaban J connectivity index is 2.76. The van der Waals surface area contributed by atoms with Crippen molar-refractivity contribution in [3.8, 4) is 6.07 Å². The first-order chi connectivity index (χ1) is 9.03. The molecule has 1 atom stereocenters. The molecule has 0 heterocycles. The van der Waals surface area contributed by atoms with Crippen molar-refractivity contribution in [3.05, 3.63) is 34.9 Å². The zero-order chi connectivity index (χ0) is 14.4. The van der Waals surface area contributed by atoms with Crippen molar-refractivity contribution in [2.45, 2.75) is 46.2 Å². The molecule has 1 aromatic carbocycles. The van der Waals surface area contributed by atoms with E-state index in [0.29, 0.717) is 5.92 Å². The fourth-order valence-corrected chi connectivity index (χ4v) is 2.26. The summed E-state index contributed by atoms with van der Waals surface area (Å²) in [5, 5.41) is 11.8. The standard InChI is InChI=1S/C15H20F2N2/c1-4-12(5-2)10(3)19-9-13-14(16)6-11(8-18)7-15(13)17/h6-7,10,12,19H,4-5,9H2,1-3H3. The maximum Gasteiger partial charge on any atom is 0.131 e. The van der Waals surface area contributed by atoms with Crippen LogP contribution in [0.5, 0.6) is 0 Å². The second kappa shape index (κ2) is 7.20. The zero-order valence-corrected chi connectivity index (χ0v) is 11.6. The largest absolute Gasteiger partial charge is 0.310 e. The number of nitrogens with zero attached hydrogens (tertiary/aromatic N) is 1. The van der Waals surface area contributed by atoms with Crippen molar-refractivity contribution in [1.82, 2.24) is 5.32 Å². The molecule has 104 valence electrons. The number of halogens is 2. The van der Waals surface area contributed by atoms with Gasteiger partial charge in [0.1, 0.15) is 11.6 Å². The molecule has 0 amide bonds. The molecular weight excluding hydrogens is 246 g/mol. The highest BCUT2D eigenvalue weighted by Crippen LogP contribution is 2.17. The fourth-order valence-electron chi connectivity index (χ4n) is 2.26. The highest BCUT2D eigenvalue weighted by Gasteiger charge is 2.16. The van der Waals surface area contributed by atoms with E-state index in [-0.39, 0.29) is 23.7 Å². The Morgan fingerprint density at radius 3 is 2.16 bits per heavy atom. The highest BCUT2D eigenvalue weighted by molar-refractivity contribution is 5.34. The van der Waals surface area contributed by atoms with Gasteiger partial charge in [0.25, 0.3) is 0 Å². The molecule has 19 heavy (non-hydrogen) atoms. The first-order valence-corrected chi connectivity index (χ1v) is 6.64. The number of benzene rings is 1. The van der Waals surface area contributed by atoms with Crippen LogP contribution >= 0.6 is 0 Å².